The summed E-state index contributed by atoms with van der Waals surface area (Å²) in [5.74, 6) is 0.884. The molecule has 1 aliphatic heterocycles. The first-order chi connectivity index (χ1) is 5.16. The lowest BCUT2D eigenvalue weighted by atomic mass is 10.2. The van der Waals surface area contributed by atoms with Crippen LogP contribution >= 0.6 is 0 Å². The molecule has 1 heterocycles. The smallest absolute Gasteiger partial charge is 0.0231 e. The summed E-state index contributed by atoms with van der Waals surface area (Å²) in [6.07, 6.45) is 6.25. The fraction of sp³-hybridized carbons (Fsp3) is 0.700. The zero-order valence-electron chi connectivity index (χ0n) is 8.09. The first-order valence-electron chi connectivity index (χ1n) is 4.35. The minimum Gasteiger partial charge on any atom is -0.266 e. The van der Waals surface area contributed by atoms with Crippen LogP contribution in [0.5, 0.6) is 0 Å². The fourth-order valence-electron chi connectivity index (χ4n) is 0.456. The molecule has 0 unspecified atom stereocenters. The van der Waals surface area contributed by atoms with Crippen molar-refractivity contribution in [1.82, 2.24) is 0 Å². The average Bonchev–Trinajstić information content (AvgIpc) is 2.41. The van der Waals surface area contributed by atoms with Crippen LogP contribution in [0.1, 0.15) is 40.5 Å². The lowest BCUT2D eigenvalue weighted by Gasteiger charge is -1.90. The zero-order chi connectivity index (χ0) is 8.69. The molecule has 0 amide bonds. The Morgan fingerprint density at radius 3 is 2.18 bits per heavy atom. The highest BCUT2D eigenvalue weighted by Gasteiger charge is 1.88. The van der Waals surface area contributed by atoms with Gasteiger partial charge in [0.2, 0.25) is 0 Å². The lowest BCUT2D eigenvalue weighted by Crippen LogP contribution is -1.78. The maximum Gasteiger partial charge on any atom is 0.0231 e. The maximum atomic E-state index is 3.97. The van der Waals surface area contributed by atoms with Crippen molar-refractivity contribution in [3.05, 3.63) is 12.3 Å². The van der Waals surface area contributed by atoms with Crippen LogP contribution in [0.2, 0.25) is 0 Å². The third kappa shape index (κ3) is 7.31. The Morgan fingerprint density at radius 2 is 2.09 bits per heavy atom. The van der Waals surface area contributed by atoms with Crippen LogP contribution in [0.15, 0.2) is 17.3 Å². The molecule has 0 bridgehead atoms. The number of hydrogen-bond donors (Lipinski definition) is 0. The summed E-state index contributed by atoms with van der Waals surface area (Å²) in [5, 5.41) is 0. The van der Waals surface area contributed by atoms with E-state index in [1.165, 1.54) is 12.1 Å². The highest BCUT2D eigenvalue weighted by molar-refractivity contribution is 5.85. The highest BCUT2D eigenvalue weighted by Crippen LogP contribution is 1.96. The standard InChI is InChI=1S/C5H7N.C5H12/c1-5-3-2-4-6-5;1-4-5(2)3/h2,4H,3H2,1H3;5H,4H2,1-3H3. The second kappa shape index (κ2) is 6.14. The summed E-state index contributed by atoms with van der Waals surface area (Å²) in [6.45, 7) is 8.67. The van der Waals surface area contributed by atoms with E-state index in [0.717, 1.165) is 12.3 Å². The molecule has 0 aromatic carbocycles. The van der Waals surface area contributed by atoms with Crippen LogP contribution in [0.3, 0.4) is 0 Å². The van der Waals surface area contributed by atoms with Crippen LogP contribution < -0.4 is 0 Å². The van der Waals surface area contributed by atoms with E-state index in [4.69, 9.17) is 0 Å². The molecule has 0 saturated heterocycles. The molecule has 64 valence electrons. The summed E-state index contributed by atoms with van der Waals surface area (Å²) in [7, 11) is 0. The molecule has 11 heavy (non-hydrogen) atoms. The van der Waals surface area contributed by atoms with Gasteiger partial charge in [0, 0.05) is 18.3 Å². The van der Waals surface area contributed by atoms with E-state index in [1.807, 2.05) is 13.1 Å². The topological polar surface area (TPSA) is 12.4 Å². The Balaban J connectivity index is 0.000000187. The molecule has 1 nitrogen and oxygen atoms in total. The molecule has 0 aliphatic carbocycles. The number of allylic oxidation sites excluding steroid dienone is 1. The van der Waals surface area contributed by atoms with Gasteiger partial charge in [-0.25, -0.2) is 0 Å². The van der Waals surface area contributed by atoms with Crippen LogP contribution in [0, 0.1) is 5.92 Å². The summed E-state index contributed by atoms with van der Waals surface area (Å²) >= 11 is 0. The van der Waals surface area contributed by atoms with Crippen molar-refractivity contribution in [3.63, 3.8) is 0 Å². The van der Waals surface area contributed by atoms with Crippen molar-refractivity contribution in [1.29, 1.82) is 0 Å². The van der Waals surface area contributed by atoms with Crippen LogP contribution in [0.4, 0.5) is 0 Å². The molecule has 0 spiro atoms. The van der Waals surface area contributed by atoms with Crippen molar-refractivity contribution in [2.75, 3.05) is 0 Å². The second-order valence-electron chi connectivity index (χ2n) is 3.26. The van der Waals surface area contributed by atoms with Crippen molar-refractivity contribution in [2.24, 2.45) is 10.9 Å². The highest BCUT2D eigenvalue weighted by atomic mass is 14.7. The van der Waals surface area contributed by atoms with Gasteiger partial charge in [-0.1, -0.05) is 33.3 Å². The van der Waals surface area contributed by atoms with Gasteiger partial charge in [-0.15, -0.1) is 0 Å². The quantitative estimate of drug-likeness (QED) is 0.547. The molecular weight excluding hydrogens is 134 g/mol. The summed E-state index contributed by atoms with van der Waals surface area (Å²) in [5.41, 5.74) is 1.22. The fourth-order valence-corrected chi connectivity index (χ4v) is 0.456. The Hall–Kier alpha value is -0.590. The number of hydrogen-bond acceptors (Lipinski definition) is 1. The van der Waals surface area contributed by atoms with E-state index in [1.54, 1.807) is 0 Å². The van der Waals surface area contributed by atoms with Crippen molar-refractivity contribution in [3.8, 4) is 0 Å². The Bertz CT molecular complexity index is 143. The molecule has 0 fully saturated rings. The summed E-state index contributed by atoms with van der Waals surface area (Å²) in [6, 6.07) is 0. The normalized spacial score (nSPS) is 14.5. The van der Waals surface area contributed by atoms with Gasteiger partial charge in [0.15, 0.2) is 0 Å². The molecule has 0 N–H and O–H groups in total. The minimum atomic E-state index is 0.884. The summed E-state index contributed by atoms with van der Waals surface area (Å²) in [4.78, 5) is 3.97. The molecule has 1 aliphatic rings. The first kappa shape index (κ1) is 10.4. The Kier molecular flexibility index (Phi) is 5.81. The number of aliphatic imine (C=N–C) groups is 1. The average molecular weight is 153 g/mol. The number of nitrogens with zero attached hydrogens (tertiary/aromatic N) is 1. The maximum absolute atomic E-state index is 3.97. The first-order valence-corrected chi connectivity index (χ1v) is 4.35. The van der Waals surface area contributed by atoms with Gasteiger partial charge in [0.05, 0.1) is 0 Å². The van der Waals surface area contributed by atoms with E-state index < -0.39 is 0 Å². The molecular formula is C10H19N. The predicted octanol–water partition coefficient (Wildman–Crippen LogP) is 3.42. The molecule has 0 saturated carbocycles. The third-order valence-electron chi connectivity index (χ3n) is 1.63. The predicted molar refractivity (Wildman–Crippen MR) is 52.0 cm³/mol. The van der Waals surface area contributed by atoms with E-state index in [9.17, 15) is 0 Å². The van der Waals surface area contributed by atoms with Gasteiger partial charge >= 0.3 is 0 Å². The van der Waals surface area contributed by atoms with Crippen molar-refractivity contribution in [2.45, 2.75) is 40.5 Å². The molecule has 0 atom stereocenters. The van der Waals surface area contributed by atoms with Gasteiger partial charge < -0.3 is 0 Å². The van der Waals surface area contributed by atoms with Crippen LogP contribution in [-0.4, -0.2) is 5.71 Å². The van der Waals surface area contributed by atoms with Crippen LogP contribution in [-0.2, 0) is 0 Å². The molecule has 0 aromatic rings. The molecule has 0 aromatic heterocycles. The SMILES string of the molecule is CC1=NC=CC1.CCC(C)C. The van der Waals surface area contributed by atoms with Gasteiger partial charge in [0.1, 0.15) is 0 Å². The lowest BCUT2D eigenvalue weighted by molar-refractivity contribution is 0.626. The summed E-state index contributed by atoms with van der Waals surface area (Å²) < 4.78 is 0. The monoisotopic (exact) mass is 153 g/mol. The molecule has 0 radical (unpaired) electrons. The van der Waals surface area contributed by atoms with E-state index in [-0.39, 0.29) is 0 Å². The van der Waals surface area contributed by atoms with Crippen molar-refractivity contribution < 1.29 is 0 Å². The minimum absolute atomic E-state index is 0.884. The molecule has 1 heteroatoms. The molecule has 1 rings (SSSR count). The zero-order valence-corrected chi connectivity index (χ0v) is 8.09. The Morgan fingerprint density at radius 1 is 1.55 bits per heavy atom. The van der Waals surface area contributed by atoms with Crippen LogP contribution in [0.25, 0.3) is 0 Å². The van der Waals surface area contributed by atoms with E-state index in [2.05, 4.69) is 31.8 Å². The van der Waals surface area contributed by atoms with Crippen molar-refractivity contribution >= 4 is 5.71 Å². The van der Waals surface area contributed by atoms with Gasteiger partial charge in [0.25, 0.3) is 0 Å². The largest absolute Gasteiger partial charge is 0.266 e. The van der Waals surface area contributed by atoms with E-state index >= 15 is 0 Å². The Labute approximate surface area is 70.2 Å². The van der Waals surface area contributed by atoms with Gasteiger partial charge in [-0.3, -0.25) is 4.99 Å². The van der Waals surface area contributed by atoms with Gasteiger partial charge in [-0.05, 0) is 12.8 Å². The second-order valence-corrected chi connectivity index (χ2v) is 3.26. The van der Waals surface area contributed by atoms with Gasteiger partial charge in [-0.2, -0.15) is 0 Å². The third-order valence-corrected chi connectivity index (χ3v) is 1.63. The number of rotatable bonds is 1. The van der Waals surface area contributed by atoms with E-state index in [0.29, 0.717) is 0 Å².